The van der Waals surface area contributed by atoms with E-state index in [1.54, 1.807) is 0 Å². The highest BCUT2D eigenvalue weighted by Crippen LogP contribution is 2.44. The van der Waals surface area contributed by atoms with Crippen molar-refractivity contribution >= 4 is 140 Å². The van der Waals surface area contributed by atoms with Crippen LogP contribution >= 0.6 is 0 Å². The van der Waals surface area contributed by atoms with Gasteiger partial charge in [0.1, 0.15) is 0 Å². The van der Waals surface area contributed by atoms with Crippen LogP contribution in [0.3, 0.4) is 0 Å². The van der Waals surface area contributed by atoms with E-state index < -0.39 is 16.1 Å². The van der Waals surface area contributed by atoms with Crippen molar-refractivity contribution in [2.45, 2.75) is 0 Å². The highest BCUT2D eigenvalue weighted by atomic mass is 28.3. The van der Waals surface area contributed by atoms with Crippen molar-refractivity contribution in [1.29, 1.82) is 0 Å². The molecular weight excluding hydrogens is 1200 g/mol. The monoisotopic (exact) mass is 1270 g/mol. The molecule has 0 aliphatic heterocycles. The number of rotatable bonds is 14. The number of benzene rings is 16. The molecule has 0 fully saturated rings. The molecule has 18 aromatic rings. The number of aromatic nitrogens is 2. The Hall–Kier alpha value is -12.1. The van der Waals surface area contributed by atoms with E-state index in [-0.39, 0.29) is 0 Å². The highest BCUT2D eigenvalue weighted by Gasteiger charge is 2.43. The van der Waals surface area contributed by atoms with Crippen molar-refractivity contribution in [1.82, 2.24) is 9.13 Å². The van der Waals surface area contributed by atoms with Gasteiger partial charge in [-0.2, -0.15) is 0 Å². The normalized spacial score (nSPS) is 11.9. The molecule has 0 aliphatic rings. The molecule has 97 heavy (non-hydrogen) atoms. The smallest absolute Gasteiger partial charge is 0.179 e. The quantitative estimate of drug-likeness (QED) is 0.0781. The molecule has 0 radical (unpaired) electrons. The van der Waals surface area contributed by atoms with Crippen molar-refractivity contribution in [3.05, 3.63) is 394 Å². The topological polar surface area (TPSA) is 13.1 Å². The minimum Gasteiger partial charge on any atom is -0.310 e. The van der Waals surface area contributed by atoms with Gasteiger partial charge in [-0.25, -0.2) is 0 Å². The van der Waals surface area contributed by atoms with Gasteiger partial charge in [0, 0.05) is 50.0 Å². The predicted octanol–water partition coefficient (Wildman–Crippen LogP) is 18.1. The Morgan fingerprint density at radius 1 is 0.186 bits per heavy atom. The maximum Gasteiger partial charge on any atom is 0.179 e. The Labute approximate surface area is 567 Å². The third kappa shape index (κ3) is 9.61. The van der Waals surface area contributed by atoms with Crippen molar-refractivity contribution in [2.24, 2.45) is 0 Å². The standard InChI is InChI=1S/C92H65N3Si2/c1-8-26-66(27-9-1)69-44-48-72(49-45-69)93(75-52-56-89-85(62-75)87-64-83(54-58-91(87)94(89)73-50-46-67-28-22-24-30-70(67)60-73)96(77-32-10-2-11-33-77,78-34-12-3-13-35-78)79-36-14-4-15-37-79)76-53-57-90-86(63-76)88-65-84(55-59-92(88)95(90)74-51-47-68-29-23-25-31-71(68)61-74)97(80-38-16-5-17-39-80,81-40-18-6-19-41-81)82-42-20-7-21-43-82/h1-65H. The van der Waals surface area contributed by atoms with Crippen LogP contribution in [-0.4, -0.2) is 25.3 Å². The number of hydrogen-bond acceptors (Lipinski definition) is 1. The second kappa shape index (κ2) is 24.0. The Balaban J connectivity index is 0.914. The molecule has 0 spiro atoms. The van der Waals surface area contributed by atoms with Gasteiger partial charge in [-0.05, 0) is 159 Å². The summed E-state index contributed by atoms with van der Waals surface area (Å²) in [6.45, 7) is 0. The lowest BCUT2D eigenvalue weighted by atomic mass is 10.0. The average molecular weight is 1270 g/mol. The SMILES string of the molecule is c1ccc(-c2ccc(N(c3ccc4c(c3)c3cc([Si](c5ccccc5)(c5ccccc5)c5ccccc5)ccc3n4-c3ccc4ccccc4c3)c3ccc4c(c3)c3cc([Si](c5ccccc5)(c5ccccc5)c5ccccc5)ccc3n4-c3ccc4ccccc4c3)cc2)cc1. The molecule has 0 atom stereocenters. The van der Waals surface area contributed by atoms with Gasteiger partial charge in [0.05, 0.1) is 22.1 Å². The summed E-state index contributed by atoms with van der Waals surface area (Å²) in [6, 6.07) is 148. The Morgan fingerprint density at radius 2 is 0.464 bits per heavy atom. The van der Waals surface area contributed by atoms with Crippen LogP contribution in [0, 0.1) is 0 Å². The van der Waals surface area contributed by atoms with Crippen molar-refractivity contribution in [3.63, 3.8) is 0 Å². The summed E-state index contributed by atoms with van der Waals surface area (Å²) in [5.74, 6) is 0. The molecule has 0 N–H and O–H groups in total. The number of fused-ring (bicyclic) bond motifs is 8. The first-order valence-electron chi connectivity index (χ1n) is 33.5. The third-order valence-electron chi connectivity index (χ3n) is 20.3. The molecule has 0 saturated carbocycles. The second-order valence-corrected chi connectivity index (χ2v) is 33.2. The van der Waals surface area contributed by atoms with Crippen LogP contribution in [0.5, 0.6) is 0 Å². The first kappa shape index (κ1) is 57.5. The van der Waals surface area contributed by atoms with Gasteiger partial charge < -0.3 is 14.0 Å². The lowest BCUT2D eigenvalue weighted by Gasteiger charge is -2.34. The zero-order valence-corrected chi connectivity index (χ0v) is 55.4. The molecule has 2 aromatic heterocycles. The lowest BCUT2D eigenvalue weighted by Crippen LogP contribution is -2.74. The maximum atomic E-state index is 2.56. The molecule has 5 heteroatoms. The summed E-state index contributed by atoms with van der Waals surface area (Å²) in [7, 11) is -5.93. The summed E-state index contributed by atoms with van der Waals surface area (Å²) in [4.78, 5) is 2.49. The number of nitrogens with zero attached hydrogens (tertiary/aromatic N) is 3. The van der Waals surface area contributed by atoms with E-state index in [9.17, 15) is 0 Å². The third-order valence-corrected chi connectivity index (χ3v) is 29.9. The van der Waals surface area contributed by atoms with E-state index in [0.29, 0.717) is 0 Å². The Kier molecular flexibility index (Phi) is 14.2. The molecule has 0 amide bonds. The van der Waals surface area contributed by atoms with E-state index in [0.717, 1.165) is 56.1 Å². The van der Waals surface area contributed by atoms with Crippen molar-refractivity contribution < 1.29 is 0 Å². The van der Waals surface area contributed by atoms with Gasteiger partial charge >= 0.3 is 0 Å². The van der Waals surface area contributed by atoms with E-state index in [1.165, 1.54) is 90.1 Å². The number of hydrogen-bond donors (Lipinski definition) is 0. The van der Waals surface area contributed by atoms with Crippen LogP contribution in [-0.2, 0) is 0 Å². The Bertz CT molecular complexity index is 5400. The fraction of sp³-hybridized carbons (Fsp3) is 0. The number of anilines is 3. The molecule has 0 aliphatic carbocycles. The lowest BCUT2D eigenvalue weighted by molar-refractivity contribution is 1.18. The van der Waals surface area contributed by atoms with Crippen LogP contribution in [0.25, 0.3) is 87.7 Å². The second-order valence-electron chi connectivity index (χ2n) is 25.5. The summed E-state index contributed by atoms with van der Waals surface area (Å²) in [5.41, 5.74) is 12.4. The first-order valence-corrected chi connectivity index (χ1v) is 37.5. The molecule has 0 bridgehead atoms. The highest BCUT2D eigenvalue weighted by molar-refractivity contribution is 7.20. The van der Waals surface area contributed by atoms with Crippen LogP contribution < -0.4 is 46.4 Å². The van der Waals surface area contributed by atoms with E-state index in [1.807, 2.05) is 0 Å². The first-order chi connectivity index (χ1) is 48.1. The summed E-state index contributed by atoms with van der Waals surface area (Å²) in [5, 5.41) is 20.3. The average Bonchev–Trinajstić information content (AvgIpc) is 1.22. The van der Waals surface area contributed by atoms with Gasteiger partial charge in [-0.1, -0.05) is 309 Å². The summed E-state index contributed by atoms with van der Waals surface area (Å²) >= 11 is 0. The van der Waals surface area contributed by atoms with Crippen molar-refractivity contribution in [2.75, 3.05) is 4.90 Å². The largest absolute Gasteiger partial charge is 0.310 e. The molecule has 18 rings (SSSR count). The summed E-state index contributed by atoms with van der Waals surface area (Å²) < 4.78 is 4.99. The minimum absolute atomic E-state index is 1.06. The van der Waals surface area contributed by atoms with E-state index in [2.05, 4.69) is 408 Å². The van der Waals surface area contributed by atoms with Crippen molar-refractivity contribution in [3.8, 4) is 22.5 Å². The van der Waals surface area contributed by atoms with Crippen LogP contribution in [0.1, 0.15) is 0 Å². The molecule has 456 valence electrons. The fourth-order valence-corrected chi connectivity index (χ4v) is 25.5. The molecule has 2 heterocycles. The molecule has 0 unspecified atom stereocenters. The minimum atomic E-state index is -2.96. The predicted molar refractivity (Wildman–Crippen MR) is 417 cm³/mol. The zero-order chi connectivity index (χ0) is 64.3. The molecule has 16 aromatic carbocycles. The van der Waals surface area contributed by atoms with Crippen LogP contribution in [0.4, 0.5) is 17.1 Å². The fourth-order valence-electron chi connectivity index (χ4n) is 16.0. The van der Waals surface area contributed by atoms with Crippen LogP contribution in [0.2, 0.25) is 0 Å². The maximum absolute atomic E-state index is 2.96. The van der Waals surface area contributed by atoms with Crippen LogP contribution in [0.15, 0.2) is 394 Å². The zero-order valence-electron chi connectivity index (χ0n) is 53.4. The van der Waals surface area contributed by atoms with E-state index >= 15 is 0 Å². The molecule has 0 saturated heterocycles. The van der Waals surface area contributed by atoms with Gasteiger partial charge in [0.2, 0.25) is 0 Å². The molecule has 3 nitrogen and oxygen atoms in total. The van der Waals surface area contributed by atoms with Gasteiger partial charge in [0.15, 0.2) is 16.1 Å². The van der Waals surface area contributed by atoms with Gasteiger partial charge in [-0.15, -0.1) is 0 Å². The Morgan fingerprint density at radius 3 is 0.814 bits per heavy atom. The van der Waals surface area contributed by atoms with E-state index in [4.69, 9.17) is 0 Å². The van der Waals surface area contributed by atoms with Gasteiger partial charge in [-0.3, -0.25) is 0 Å². The summed E-state index contributed by atoms with van der Waals surface area (Å²) in [6.07, 6.45) is 0. The van der Waals surface area contributed by atoms with Gasteiger partial charge in [0.25, 0.3) is 0 Å². The molecular formula is C92H65N3Si2.